The van der Waals surface area contributed by atoms with Gasteiger partial charge in [0.05, 0.1) is 16.1 Å². The molecule has 0 radical (unpaired) electrons. The van der Waals surface area contributed by atoms with E-state index < -0.39 is 0 Å². The van der Waals surface area contributed by atoms with Crippen molar-refractivity contribution in [1.29, 1.82) is 0 Å². The van der Waals surface area contributed by atoms with Crippen LogP contribution in [0.1, 0.15) is 25.0 Å². The largest absolute Gasteiger partial charge is 0.308 e. The normalized spacial score (nSPS) is 12.7. The summed E-state index contributed by atoms with van der Waals surface area (Å²) in [6, 6.07) is 78.1. The first-order valence-electron chi connectivity index (χ1n) is 20.4. The van der Waals surface area contributed by atoms with Gasteiger partial charge in [-0.05, 0) is 97.6 Å². The lowest BCUT2D eigenvalue weighted by molar-refractivity contribution is 0.660. The minimum Gasteiger partial charge on any atom is -0.308 e. The van der Waals surface area contributed by atoms with Crippen LogP contribution >= 0.6 is 11.3 Å². The summed E-state index contributed by atoms with van der Waals surface area (Å²) in [5.74, 6) is 0. The van der Waals surface area contributed by atoms with Crippen LogP contribution in [0.2, 0.25) is 0 Å². The lowest BCUT2D eigenvalue weighted by Crippen LogP contribution is -2.15. The van der Waals surface area contributed by atoms with Crippen LogP contribution in [0.4, 0.5) is 17.1 Å². The van der Waals surface area contributed by atoms with Gasteiger partial charge in [0.1, 0.15) is 0 Å². The molecule has 0 atom stereocenters. The van der Waals surface area contributed by atoms with E-state index in [4.69, 9.17) is 0 Å². The highest BCUT2D eigenvalue weighted by Crippen LogP contribution is 2.53. The Bertz CT molecular complexity index is 3170. The number of nitrogens with zero attached hydrogens (tertiary/aromatic N) is 1. The van der Waals surface area contributed by atoms with E-state index in [2.05, 4.69) is 231 Å². The molecule has 0 saturated carbocycles. The molecule has 11 rings (SSSR count). The van der Waals surface area contributed by atoms with Crippen LogP contribution in [0, 0.1) is 0 Å². The first kappa shape index (κ1) is 35.2. The number of fused-ring (bicyclic) bond motifs is 6. The van der Waals surface area contributed by atoms with Gasteiger partial charge >= 0.3 is 0 Å². The van der Waals surface area contributed by atoms with E-state index in [1.54, 1.807) is 0 Å². The predicted molar refractivity (Wildman–Crippen MR) is 253 cm³/mol. The average molecular weight is 772 g/mol. The molecule has 0 N–H and O–H groups in total. The van der Waals surface area contributed by atoms with Crippen LogP contribution in [-0.2, 0) is 5.41 Å². The summed E-state index contributed by atoms with van der Waals surface area (Å²) in [5, 5.41) is 2.57. The van der Waals surface area contributed by atoms with E-state index in [1.807, 2.05) is 11.3 Å². The van der Waals surface area contributed by atoms with Gasteiger partial charge in [-0.2, -0.15) is 0 Å². The molecule has 59 heavy (non-hydrogen) atoms. The van der Waals surface area contributed by atoms with Crippen molar-refractivity contribution in [2.45, 2.75) is 19.3 Å². The molecule has 0 saturated heterocycles. The van der Waals surface area contributed by atoms with Crippen molar-refractivity contribution in [3.05, 3.63) is 223 Å². The summed E-state index contributed by atoms with van der Waals surface area (Å²) < 4.78 is 2.57. The van der Waals surface area contributed by atoms with Crippen molar-refractivity contribution in [2.75, 3.05) is 4.90 Å². The topological polar surface area (TPSA) is 3.24 Å². The van der Waals surface area contributed by atoms with Crippen LogP contribution in [0.5, 0.6) is 0 Å². The number of benzene rings is 9. The zero-order chi connectivity index (χ0) is 39.5. The standard InChI is InChI=1S/C57H41NS/c1-57(2)50-27-13-11-23-46(50)47-36-33-41(37-51(47)57)55-45(39-19-7-4-8-20-39)25-15-28-52(55)58(53-29-16-26-49-48-24-12-14-30-54(48)59-56(49)53)42-34-31-40(32-35-42)44-22-10-9-21-43(44)38-17-5-3-6-18-38/h3-37H,1-2H3. The third-order valence-corrected chi connectivity index (χ3v) is 13.5. The third kappa shape index (κ3) is 5.82. The van der Waals surface area contributed by atoms with Gasteiger partial charge in [0.2, 0.25) is 0 Å². The molecule has 1 aliphatic carbocycles. The van der Waals surface area contributed by atoms with Crippen molar-refractivity contribution in [2.24, 2.45) is 0 Å². The van der Waals surface area contributed by atoms with Gasteiger partial charge in [-0.15, -0.1) is 11.3 Å². The SMILES string of the molecule is CC1(C)c2ccccc2-c2ccc(-c3c(-c4ccccc4)cccc3N(c3ccc(-c4ccccc4-c4ccccc4)cc3)c3cccc4c3sc3ccccc34)cc21. The molecule has 0 spiro atoms. The second-order valence-corrected chi connectivity index (χ2v) is 17.1. The molecule has 0 unspecified atom stereocenters. The Morgan fingerprint density at radius 1 is 0.373 bits per heavy atom. The number of anilines is 3. The van der Waals surface area contributed by atoms with Gasteiger partial charge in [-0.3, -0.25) is 0 Å². The Hall–Kier alpha value is -7.00. The Balaban J connectivity index is 1.16. The zero-order valence-corrected chi connectivity index (χ0v) is 33.9. The summed E-state index contributed by atoms with van der Waals surface area (Å²) in [4.78, 5) is 2.51. The van der Waals surface area contributed by atoms with Gasteiger partial charge in [0, 0.05) is 32.1 Å². The summed E-state index contributed by atoms with van der Waals surface area (Å²) in [7, 11) is 0. The molecular formula is C57H41NS. The number of hydrogen-bond acceptors (Lipinski definition) is 2. The van der Waals surface area contributed by atoms with E-state index in [9.17, 15) is 0 Å². The minimum atomic E-state index is -0.127. The summed E-state index contributed by atoms with van der Waals surface area (Å²) in [6.45, 7) is 4.74. The van der Waals surface area contributed by atoms with E-state index in [0.717, 1.165) is 11.4 Å². The molecule has 2 heteroatoms. The highest BCUT2D eigenvalue weighted by Gasteiger charge is 2.36. The molecule has 0 fully saturated rings. The van der Waals surface area contributed by atoms with E-state index >= 15 is 0 Å². The maximum atomic E-state index is 2.51. The third-order valence-electron chi connectivity index (χ3n) is 12.3. The van der Waals surface area contributed by atoms with E-state index in [1.165, 1.54) is 92.6 Å². The Morgan fingerprint density at radius 2 is 0.898 bits per heavy atom. The van der Waals surface area contributed by atoms with E-state index in [-0.39, 0.29) is 5.41 Å². The zero-order valence-electron chi connectivity index (χ0n) is 33.1. The number of hydrogen-bond donors (Lipinski definition) is 0. The number of thiophene rings is 1. The quantitative estimate of drug-likeness (QED) is 0.156. The molecule has 9 aromatic carbocycles. The van der Waals surface area contributed by atoms with Crippen molar-refractivity contribution in [3.63, 3.8) is 0 Å². The summed E-state index contributed by atoms with van der Waals surface area (Å²) in [5.41, 5.74) is 18.4. The highest BCUT2D eigenvalue weighted by molar-refractivity contribution is 7.26. The van der Waals surface area contributed by atoms with E-state index in [0.29, 0.717) is 0 Å². The second-order valence-electron chi connectivity index (χ2n) is 16.0. The Morgan fingerprint density at radius 3 is 1.64 bits per heavy atom. The smallest absolute Gasteiger partial charge is 0.0640 e. The fourth-order valence-electron chi connectivity index (χ4n) is 9.46. The molecule has 1 heterocycles. The lowest BCUT2D eigenvalue weighted by atomic mass is 9.81. The van der Waals surface area contributed by atoms with Gasteiger partial charge in [-0.25, -0.2) is 0 Å². The molecule has 10 aromatic rings. The monoisotopic (exact) mass is 771 g/mol. The maximum Gasteiger partial charge on any atom is 0.0640 e. The Kier molecular flexibility index (Phi) is 8.43. The molecule has 0 aliphatic heterocycles. The van der Waals surface area contributed by atoms with Gasteiger partial charge in [0.15, 0.2) is 0 Å². The lowest BCUT2D eigenvalue weighted by Gasteiger charge is -2.30. The fourth-order valence-corrected chi connectivity index (χ4v) is 10.7. The molecule has 1 aromatic heterocycles. The van der Waals surface area contributed by atoms with Crippen molar-refractivity contribution in [1.82, 2.24) is 0 Å². The van der Waals surface area contributed by atoms with Crippen molar-refractivity contribution in [3.8, 4) is 55.6 Å². The second kappa shape index (κ2) is 14.1. The molecule has 1 nitrogen and oxygen atoms in total. The first-order chi connectivity index (χ1) is 29.0. The fraction of sp³-hybridized carbons (Fsp3) is 0.0526. The maximum absolute atomic E-state index is 2.51. The highest BCUT2D eigenvalue weighted by atomic mass is 32.1. The van der Waals surface area contributed by atoms with Crippen molar-refractivity contribution >= 4 is 48.6 Å². The van der Waals surface area contributed by atoms with Crippen LogP contribution < -0.4 is 4.90 Å². The molecule has 0 amide bonds. The first-order valence-corrected chi connectivity index (χ1v) is 21.2. The summed E-state index contributed by atoms with van der Waals surface area (Å²) in [6.07, 6.45) is 0. The molecule has 280 valence electrons. The number of rotatable bonds is 7. The molecule has 1 aliphatic rings. The van der Waals surface area contributed by atoms with Crippen LogP contribution in [0.3, 0.4) is 0 Å². The Labute approximate surface area is 350 Å². The van der Waals surface area contributed by atoms with Crippen molar-refractivity contribution < 1.29 is 0 Å². The molecule has 0 bridgehead atoms. The van der Waals surface area contributed by atoms with Crippen LogP contribution in [0.15, 0.2) is 212 Å². The predicted octanol–water partition coefficient (Wildman–Crippen LogP) is 16.5. The van der Waals surface area contributed by atoms with Crippen LogP contribution in [-0.4, -0.2) is 0 Å². The van der Waals surface area contributed by atoms with Gasteiger partial charge in [-0.1, -0.05) is 190 Å². The minimum absolute atomic E-state index is 0.127. The van der Waals surface area contributed by atoms with Gasteiger partial charge in [0.25, 0.3) is 0 Å². The van der Waals surface area contributed by atoms with Crippen LogP contribution in [0.25, 0.3) is 75.8 Å². The van der Waals surface area contributed by atoms with Gasteiger partial charge < -0.3 is 4.90 Å². The average Bonchev–Trinajstić information content (AvgIpc) is 3.79. The molecular weight excluding hydrogens is 731 g/mol. The summed E-state index contributed by atoms with van der Waals surface area (Å²) >= 11 is 1.88.